The van der Waals surface area contributed by atoms with E-state index in [0.717, 1.165) is 18.0 Å². The minimum Gasteiger partial charge on any atom is -0.493 e. The lowest BCUT2D eigenvalue weighted by Gasteiger charge is -2.25. The van der Waals surface area contributed by atoms with Crippen molar-refractivity contribution in [3.05, 3.63) is 54.2 Å². The maximum atomic E-state index is 11.8. The van der Waals surface area contributed by atoms with Gasteiger partial charge in [-0.25, -0.2) is 9.78 Å². The predicted molar refractivity (Wildman–Crippen MR) is 93.3 cm³/mol. The molecule has 0 saturated carbocycles. The zero-order valence-electron chi connectivity index (χ0n) is 13.5. The number of amides is 2. The van der Waals surface area contributed by atoms with E-state index in [0.29, 0.717) is 32.2 Å². The highest BCUT2D eigenvalue weighted by Crippen LogP contribution is 2.26. The van der Waals surface area contributed by atoms with Gasteiger partial charge in [0.15, 0.2) is 0 Å². The average molecular weight is 326 g/mol. The van der Waals surface area contributed by atoms with Crippen molar-refractivity contribution in [2.45, 2.75) is 6.42 Å². The molecule has 6 heteroatoms. The molecule has 0 radical (unpaired) electrons. The van der Waals surface area contributed by atoms with Gasteiger partial charge in [-0.3, -0.25) is 0 Å². The number of hydrogen-bond donors (Lipinski definition) is 3. The lowest BCUT2D eigenvalue weighted by atomic mass is 9.97. The molecule has 1 aliphatic rings. The zero-order valence-corrected chi connectivity index (χ0v) is 13.5. The third kappa shape index (κ3) is 4.62. The smallest absolute Gasteiger partial charge is 0.314 e. The van der Waals surface area contributed by atoms with Crippen LogP contribution in [0.4, 0.5) is 10.6 Å². The molecule has 2 amide bonds. The topological polar surface area (TPSA) is 75.3 Å². The van der Waals surface area contributed by atoms with Gasteiger partial charge in [0.05, 0.1) is 6.61 Å². The predicted octanol–water partition coefficient (Wildman–Crippen LogP) is 2.04. The fourth-order valence-electron chi connectivity index (χ4n) is 2.66. The number of fused-ring (bicyclic) bond motifs is 1. The third-order valence-electron chi connectivity index (χ3n) is 3.89. The summed E-state index contributed by atoms with van der Waals surface area (Å²) in [4.78, 5) is 16.0. The van der Waals surface area contributed by atoms with Crippen LogP contribution in [0, 0.1) is 5.92 Å². The first-order valence-electron chi connectivity index (χ1n) is 8.18. The molecule has 6 nitrogen and oxygen atoms in total. The first kappa shape index (κ1) is 16.1. The Morgan fingerprint density at radius 1 is 1.12 bits per heavy atom. The third-order valence-corrected chi connectivity index (χ3v) is 3.89. The Morgan fingerprint density at radius 2 is 2.00 bits per heavy atom. The molecule has 0 spiro atoms. The van der Waals surface area contributed by atoms with Gasteiger partial charge in [0, 0.05) is 31.7 Å². The second-order valence-electron chi connectivity index (χ2n) is 5.77. The fourth-order valence-corrected chi connectivity index (χ4v) is 2.66. The molecule has 1 unspecified atom stereocenters. The van der Waals surface area contributed by atoms with E-state index in [2.05, 4.69) is 27.0 Å². The van der Waals surface area contributed by atoms with Gasteiger partial charge in [-0.15, -0.1) is 0 Å². The Hall–Kier alpha value is -2.76. The van der Waals surface area contributed by atoms with Crippen molar-refractivity contribution in [3.63, 3.8) is 0 Å². The number of benzene rings is 1. The molecule has 0 saturated heterocycles. The summed E-state index contributed by atoms with van der Waals surface area (Å²) in [6, 6.07) is 13.6. The molecule has 3 N–H and O–H groups in total. The molecular formula is C18H22N4O2. The first-order valence-corrected chi connectivity index (χ1v) is 8.18. The molecule has 0 fully saturated rings. The molecule has 1 aromatic carbocycles. The number of anilines is 1. The Balaban J connectivity index is 1.32. The van der Waals surface area contributed by atoms with Crippen molar-refractivity contribution < 1.29 is 9.53 Å². The van der Waals surface area contributed by atoms with Gasteiger partial charge in [-0.05, 0) is 30.2 Å². The van der Waals surface area contributed by atoms with Crippen molar-refractivity contribution in [2.24, 2.45) is 5.92 Å². The SMILES string of the molecule is O=C(NCCNc1ccccn1)NCC1COc2ccccc2C1. The van der Waals surface area contributed by atoms with Gasteiger partial charge in [-0.1, -0.05) is 24.3 Å². The van der Waals surface area contributed by atoms with Crippen LogP contribution in [0.1, 0.15) is 5.56 Å². The Bertz CT molecular complexity index is 663. The van der Waals surface area contributed by atoms with Gasteiger partial charge in [-0.2, -0.15) is 0 Å². The van der Waals surface area contributed by atoms with Crippen LogP contribution in [0.2, 0.25) is 0 Å². The van der Waals surface area contributed by atoms with Crippen LogP contribution in [0.5, 0.6) is 5.75 Å². The minimum atomic E-state index is -0.156. The van der Waals surface area contributed by atoms with E-state index in [4.69, 9.17) is 4.74 Å². The summed E-state index contributed by atoms with van der Waals surface area (Å²) in [6.45, 7) is 2.41. The molecule has 0 bridgehead atoms. The van der Waals surface area contributed by atoms with Gasteiger partial charge in [0.2, 0.25) is 0 Å². The molecule has 2 heterocycles. The number of pyridine rings is 1. The van der Waals surface area contributed by atoms with E-state index in [1.54, 1.807) is 6.20 Å². The largest absolute Gasteiger partial charge is 0.493 e. The second kappa shape index (κ2) is 8.19. The summed E-state index contributed by atoms with van der Waals surface area (Å²) in [5.41, 5.74) is 1.20. The van der Waals surface area contributed by atoms with Gasteiger partial charge >= 0.3 is 6.03 Å². The van der Waals surface area contributed by atoms with Gasteiger partial charge < -0.3 is 20.7 Å². The number of carbonyl (C=O) groups excluding carboxylic acids is 1. The van der Waals surface area contributed by atoms with E-state index in [1.807, 2.05) is 36.4 Å². The van der Waals surface area contributed by atoms with Crippen LogP contribution >= 0.6 is 0 Å². The van der Waals surface area contributed by atoms with Crippen molar-refractivity contribution in [3.8, 4) is 5.75 Å². The van der Waals surface area contributed by atoms with Crippen LogP contribution in [0.15, 0.2) is 48.7 Å². The lowest BCUT2D eigenvalue weighted by Crippen LogP contribution is -2.42. The molecule has 3 rings (SSSR count). The van der Waals surface area contributed by atoms with Crippen molar-refractivity contribution >= 4 is 11.8 Å². The normalized spacial score (nSPS) is 15.8. The van der Waals surface area contributed by atoms with Crippen LogP contribution in [-0.2, 0) is 6.42 Å². The Labute approximate surface area is 141 Å². The molecule has 1 atom stereocenters. The lowest BCUT2D eigenvalue weighted by molar-refractivity contribution is 0.211. The molecule has 24 heavy (non-hydrogen) atoms. The zero-order chi connectivity index (χ0) is 16.6. The molecule has 126 valence electrons. The first-order chi connectivity index (χ1) is 11.8. The quantitative estimate of drug-likeness (QED) is 0.710. The Morgan fingerprint density at radius 3 is 2.88 bits per heavy atom. The number of carbonyl (C=O) groups is 1. The standard InChI is InChI=1S/C18H22N4O2/c23-18(21-10-9-20-17-7-3-4-8-19-17)22-12-14-11-15-5-1-2-6-16(15)24-13-14/h1-8,14H,9-13H2,(H,19,20)(H2,21,22,23). The molecule has 1 aromatic heterocycles. The fraction of sp³-hybridized carbons (Fsp3) is 0.333. The number of nitrogens with zero attached hydrogens (tertiary/aromatic N) is 1. The van der Waals surface area contributed by atoms with E-state index >= 15 is 0 Å². The van der Waals surface area contributed by atoms with E-state index in [9.17, 15) is 4.79 Å². The average Bonchev–Trinajstić information content (AvgIpc) is 2.64. The number of nitrogens with one attached hydrogen (secondary N) is 3. The summed E-state index contributed by atoms with van der Waals surface area (Å²) in [6.07, 6.45) is 2.66. The highest BCUT2D eigenvalue weighted by molar-refractivity contribution is 5.73. The number of rotatable bonds is 6. The highest BCUT2D eigenvalue weighted by Gasteiger charge is 2.19. The second-order valence-corrected chi connectivity index (χ2v) is 5.77. The van der Waals surface area contributed by atoms with Crippen LogP contribution in [0.25, 0.3) is 0 Å². The molecule has 1 aliphatic heterocycles. The minimum absolute atomic E-state index is 0.156. The highest BCUT2D eigenvalue weighted by atomic mass is 16.5. The molecule has 2 aromatic rings. The van der Waals surface area contributed by atoms with Crippen molar-refractivity contribution in [2.75, 3.05) is 31.6 Å². The molecule has 0 aliphatic carbocycles. The summed E-state index contributed by atoms with van der Waals surface area (Å²) >= 11 is 0. The summed E-state index contributed by atoms with van der Waals surface area (Å²) in [7, 11) is 0. The number of urea groups is 1. The number of para-hydroxylation sites is 1. The van der Waals surface area contributed by atoms with Crippen molar-refractivity contribution in [1.82, 2.24) is 15.6 Å². The van der Waals surface area contributed by atoms with Crippen LogP contribution < -0.4 is 20.7 Å². The number of hydrogen-bond acceptors (Lipinski definition) is 4. The van der Waals surface area contributed by atoms with E-state index in [-0.39, 0.29) is 6.03 Å². The van der Waals surface area contributed by atoms with Gasteiger partial charge in [0.1, 0.15) is 11.6 Å². The maximum absolute atomic E-state index is 11.8. The number of ether oxygens (including phenoxy) is 1. The summed E-state index contributed by atoms with van der Waals surface area (Å²) in [5.74, 6) is 2.06. The summed E-state index contributed by atoms with van der Waals surface area (Å²) < 4.78 is 5.73. The van der Waals surface area contributed by atoms with Gasteiger partial charge in [0.25, 0.3) is 0 Å². The number of aromatic nitrogens is 1. The van der Waals surface area contributed by atoms with E-state index < -0.39 is 0 Å². The van der Waals surface area contributed by atoms with Crippen molar-refractivity contribution in [1.29, 1.82) is 0 Å². The van der Waals surface area contributed by atoms with Crippen LogP contribution in [-0.4, -0.2) is 37.3 Å². The van der Waals surface area contributed by atoms with E-state index in [1.165, 1.54) is 5.56 Å². The van der Waals surface area contributed by atoms with Crippen LogP contribution in [0.3, 0.4) is 0 Å². The monoisotopic (exact) mass is 326 g/mol. The molecular weight excluding hydrogens is 304 g/mol. The summed E-state index contributed by atoms with van der Waals surface area (Å²) in [5, 5.41) is 8.88. The maximum Gasteiger partial charge on any atom is 0.314 e. The Kier molecular flexibility index (Phi) is 5.50.